The Morgan fingerprint density at radius 1 is 1.67 bits per heavy atom. The van der Waals surface area contributed by atoms with Crippen LogP contribution in [0.3, 0.4) is 0 Å². The predicted octanol–water partition coefficient (Wildman–Crippen LogP) is -0.286. The van der Waals surface area contributed by atoms with E-state index in [1.54, 1.807) is 7.05 Å². The molecule has 12 heavy (non-hydrogen) atoms. The van der Waals surface area contributed by atoms with Crippen molar-refractivity contribution < 1.29 is 14.3 Å². The number of aldehydes is 1. The SMILES string of the molecule is CNN=CCOC(=O)CCC=O. The normalized spacial score (nSPS) is 9.75. The number of nitrogens with one attached hydrogen (secondary N) is 1. The van der Waals surface area contributed by atoms with Gasteiger partial charge >= 0.3 is 5.97 Å². The van der Waals surface area contributed by atoms with Gasteiger partial charge in [-0.2, -0.15) is 5.10 Å². The maximum Gasteiger partial charge on any atom is 0.306 e. The van der Waals surface area contributed by atoms with Crippen LogP contribution in [0.4, 0.5) is 0 Å². The molecule has 0 aromatic heterocycles. The van der Waals surface area contributed by atoms with E-state index >= 15 is 0 Å². The third-order valence-electron chi connectivity index (χ3n) is 1.01. The zero-order chi connectivity index (χ0) is 9.23. The van der Waals surface area contributed by atoms with Crippen molar-refractivity contribution in [3.63, 3.8) is 0 Å². The molecule has 0 amide bonds. The Morgan fingerprint density at radius 2 is 2.42 bits per heavy atom. The average Bonchev–Trinajstić information content (AvgIpc) is 2.09. The molecule has 68 valence electrons. The van der Waals surface area contributed by atoms with Gasteiger partial charge in [0, 0.05) is 13.5 Å². The lowest BCUT2D eigenvalue weighted by Crippen LogP contribution is -2.07. The molecule has 0 aliphatic carbocycles. The van der Waals surface area contributed by atoms with Gasteiger partial charge in [0.2, 0.25) is 0 Å². The van der Waals surface area contributed by atoms with Crippen LogP contribution in [-0.2, 0) is 14.3 Å². The molecule has 0 aliphatic rings. The highest BCUT2D eigenvalue weighted by Gasteiger charge is 1.99. The molecule has 0 fully saturated rings. The van der Waals surface area contributed by atoms with E-state index in [2.05, 4.69) is 15.3 Å². The minimum Gasteiger partial charge on any atom is -0.460 e. The van der Waals surface area contributed by atoms with E-state index in [1.807, 2.05) is 0 Å². The second-order valence-electron chi connectivity index (χ2n) is 1.92. The fourth-order valence-electron chi connectivity index (χ4n) is 0.508. The molecule has 0 radical (unpaired) electrons. The van der Waals surface area contributed by atoms with E-state index < -0.39 is 0 Å². The molecule has 0 rings (SSSR count). The van der Waals surface area contributed by atoms with Gasteiger partial charge in [0.05, 0.1) is 12.6 Å². The van der Waals surface area contributed by atoms with Crippen LogP contribution in [0.25, 0.3) is 0 Å². The third-order valence-corrected chi connectivity index (χ3v) is 1.01. The van der Waals surface area contributed by atoms with E-state index in [0.717, 1.165) is 0 Å². The van der Waals surface area contributed by atoms with Crippen LogP contribution in [0.1, 0.15) is 12.8 Å². The van der Waals surface area contributed by atoms with Crippen molar-refractivity contribution in [2.24, 2.45) is 5.10 Å². The van der Waals surface area contributed by atoms with Crippen LogP contribution < -0.4 is 5.43 Å². The van der Waals surface area contributed by atoms with E-state index in [-0.39, 0.29) is 25.4 Å². The van der Waals surface area contributed by atoms with Crippen LogP contribution >= 0.6 is 0 Å². The first kappa shape index (κ1) is 10.6. The fraction of sp³-hybridized carbons (Fsp3) is 0.571. The Balaban J connectivity index is 3.31. The molecule has 0 atom stereocenters. The van der Waals surface area contributed by atoms with Gasteiger partial charge < -0.3 is 15.0 Å². The van der Waals surface area contributed by atoms with Crippen LogP contribution in [0, 0.1) is 0 Å². The van der Waals surface area contributed by atoms with Crippen molar-refractivity contribution in [3.05, 3.63) is 0 Å². The van der Waals surface area contributed by atoms with Gasteiger partial charge in [-0.15, -0.1) is 0 Å². The Kier molecular flexibility index (Phi) is 6.82. The number of carbonyl (C=O) groups excluding carboxylic acids is 2. The van der Waals surface area contributed by atoms with Crippen molar-refractivity contribution in [1.29, 1.82) is 0 Å². The smallest absolute Gasteiger partial charge is 0.306 e. The van der Waals surface area contributed by atoms with Gasteiger partial charge in [-0.1, -0.05) is 0 Å². The van der Waals surface area contributed by atoms with E-state index in [0.29, 0.717) is 6.29 Å². The molecule has 0 saturated carbocycles. The van der Waals surface area contributed by atoms with Crippen LogP contribution in [0.15, 0.2) is 5.10 Å². The van der Waals surface area contributed by atoms with E-state index in [1.165, 1.54) is 6.21 Å². The number of ether oxygens (including phenoxy) is 1. The van der Waals surface area contributed by atoms with Gasteiger partial charge in [-0.25, -0.2) is 0 Å². The van der Waals surface area contributed by atoms with Crippen LogP contribution in [-0.4, -0.2) is 32.1 Å². The summed E-state index contributed by atoms with van der Waals surface area (Å²) in [4.78, 5) is 20.5. The zero-order valence-electron chi connectivity index (χ0n) is 6.95. The quantitative estimate of drug-likeness (QED) is 0.259. The first-order chi connectivity index (χ1) is 5.81. The molecule has 5 heteroatoms. The number of nitrogens with zero attached hydrogens (tertiary/aromatic N) is 1. The lowest BCUT2D eigenvalue weighted by atomic mass is 10.3. The molecule has 0 saturated heterocycles. The summed E-state index contributed by atoms with van der Waals surface area (Å²) in [5, 5.41) is 3.60. The summed E-state index contributed by atoms with van der Waals surface area (Å²) in [7, 11) is 1.64. The fourth-order valence-corrected chi connectivity index (χ4v) is 0.508. The summed E-state index contributed by atoms with van der Waals surface area (Å²) in [6.45, 7) is 0.137. The Morgan fingerprint density at radius 3 is 3.00 bits per heavy atom. The number of carbonyl (C=O) groups is 2. The third kappa shape index (κ3) is 6.73. The summed E-state index contributed by atoms with van der Waals surface area (Å²) in [6, 6.07) is 0. The Labute approximate surface area is 70.8 Å². The zero-order valence-corrected chi connectivity index (χ0v) is 6.95. The van der Waals surface area contributed by atoms with Gasteiger partial charge in [-0.3, -0.25) is 4.79 Å². The molecule has 0 unspecified atom stereocenters. The molecule has 0 heterocycles. The summed E-state index contributed by atoms with van der Waals surface area (Å²) < 4.78 is 4.66. The molecule has 0 bridgehead atoms. The minimum atomic E-state index is -0.385. The maximum absolute atomic E-state index is 10.7. The molecule has 0 aromatic carbocycles. The first-order valence-corrected chi connectivity index (χ1v) is 3.58. The van der Waals surface area contributed by atoms with Crippen molar-refractivity contribution in [3.8, 4) is 0 Å². The highest BCUT2D eigenvalue weighted by molar-refractivity contribution is 5.74. The molecule has 0 aliphatic heterocycles. The molecular formula is C7H12N2O3. The second-order valence-corrected chi connectivity index (χ2v) is 1.92. The summed E-state index contributed by atoms with van der Waals surface area (Å²) in [6.07, 6.45) is 2.46. The van der Waals surface area contributed by atoms with Gasteiger partial charge in [0.1, 0.15) is 12.9 Å². The van der Waals surface area contributed by atoms with Gasteiger partial charge in [0.25, 0.3) is 0 Å². The lowest BCUT2D eigenvalue weighted by molar-refractivity contribution is -0.142. The summed E-state index contributed by atoms with van der Waals surface area (Å²) in [5.74, 6) is -0.385. The van der Waals surface area contributed by atoms with Crippen molar-refractivity contribution in [1.82, 2.24) is 5.43 Å². The van der Waals surface area contributed by atoms with E-state index in [4.69, 9.17) is 0 Å². The Hall–Kier alpha value is -1.39. The summed E-state index contributed by atoms with van der Waals surface area (Å²) in [5.41, 5.74) is 2.51. The van der Waals surface area contributed by atoms with Crippen LogP contribution in [0.2, 0.25) is 0 Å². The Bertz CT molecular complexity index is 168. The van der Waals surface area contributed by atoms with Crippen LogP contribution in [0.5, 0.6) is 0 Å². The number of rotatable bonds is 6. The predicted molar refractivity (Wildman–Crippen MR) is 43.8 cm³/mol. The van der Waals surface area contributed by atoms with E-state index in [9.17, 15) is 9.59 Å². The first-order valence-electron chi connectivity index (χ1n) is 3.58. The molecule has 1 N–H and O–H groups in total. The van der Waals surface area contributed by atoms with Gasteiger partial charge in [0.15, 0.2) is 0 Å². The molecule has 0 aromatic rings. The second kappa shape index (κ2) is 7.71. The topological polar surface area (TPSA) is 67.8 Å². The lowest BCUT2D eigenvalue weighted by Gasteiger charge is -1.97. The highest BCUT2D eigenvalue weighted by atomic mass is 16.5. The minimum absolute atomic E-state index is 0.136. The largest absolute Gasteiger partial charge is 0.460 e. The molecule has 0 spiro atoms. The van der Waals surface area contributed by atoms with Gasteiger partial charge in [-0.05, 0) is 0 Å². The average molecular weight is 172 g/mol. The number of esters is 1. The number of hydrogen-bond acceptors (Lipinski definition) is 5. The standard InChI is InChI=1S/C7H12N2O3/c1-8-9-4-6-12-7(11)3-2-5-10/h4-5,8H,2-3,6H2,1H3. The summed E-state index contributed by atoms with van der Waals surface area (Å²) >= 11 is 0. The van der Waals surface area contributed by atoms with Crippen molar-refractivity contribution >= 4 is 18.5 Å². The van der Waals surface area contributed by atoms with Crippen molar-refractivity contribution in [2.45, 2.75) is 12.8 Å². The number of hydrogen-bond donors (Lipinski definition) is 1. The monoisotopic (exact) mass is 172 g/mol. The maximum atomic E-state index is 10.7. The highest BCUT2D eigenvalue weighted by Crippen LogP contribution is 1.88. The molecular weight excluding hydrogens is 160 g/mol. The number of hydrazone groups is 1. The van der Waals surface area contributed by atoms with Crippen molar-refractivity contribution in [2.75, 3.05) is 13.7 Å². The molecule has 5 nitrogen and oxygen atoms in total.